The van der Waals surface area contributed by atoms with E-state index in [9.17, 15) is 4.79 Å². The van der Waals surface area contributed by atoms with E-state index in [2.05, 4.69) is 15.4 Å². The molecule has 0 aliphatic carbocycles. The number of hydrogen-bond acceptors (Lipinski definition) is 5. The van der Waals surface area contributed by atoms with Gasteiger partial charge in [-0.25, -0.2) is 10.5 Å². The van der Waals surface area contributed by atoms with Gasteiger partial charge in [0.05, 0.1) is 18.7 Å². The molecule has 0 unspecified atom stereocenters. The molecule has 0 atom stereocenters. The summed E-state index contributed by atoms with van der Waals surface area (Å²) >= 11 is 1.49. The highest BCUT2D eigenvalue weighted by atomic mass is 32.1. The SMILES string of the molecule is O=C(Cc1csc(-c2cccnc2)n1)NOCc1ccccc1. The van der Waals surface area contributed by atoms with E-state index in [-0.39, 0.29) is 12.3 Å². The normalized spacial score (nSPS) is 10.4. The molecule has 23 heavy (non-hydrogen) atoms. The Kier molecular flexibility index (Phi) is 5.08. The van der Waals surface area contributed by atoms with E-state index in [1.54, 1.807) is 12.4 Å². The molecule has 0 bridgehead atoms. The van der Waals surface area contributed by atoms with Crippen molar-refractivity contribution in [1.82, 2.24) is 15.4 Å². The van der Waals surface area contributed by atoms with Crippen molar-refractivity contribution in [2.45, 2.75) is 13.0 Å². The highest BCUT2D eigenvalue weighted by Crippen LogP contribution is 2.22. The van der Waals surface area contributed by atoms with Crippen LogP contribution in [0, 0.1) is 0 Å². The van der Waals surface area contributed by atoms with Gasteiger partial charge in [-0.3, -0.25) is 14.6 Å². The summed E-state index contributed by atoms with van der Waals surface area (Å²) in [5, 5.41) is 2.73. The molecular formula is C17H15N3O2S. The lowest BCUT2D eigenvalue weighted by molar-refractivity contribution is -0.133. The van der Waals surface area contributed by atoms with Crippen LogP contribution in [0.15, 0.2) is 60.2 Å². The third-order valence-corrected chi connectivity index (χ3v) is 4.01. The number of thiazole rings is 1. The lowest BCUT2D eigenvalue weighted by atomic mass is 10.2. The van der Waals surface area contributed by atoms with Crippen molar-refractivity contribution in [3.63, 3.8) is 0 Å². The molecule has 0 aliphatic rings. The summed E-state index contributed by atoms with van der Waals surface area (Å²) in [4.78, 5) is 25.6. The predicted octanol–water partition coefficient (Wildman–Crippen LogP) is 3.00. The number of rotatable bonds is 6. The van der Waals surface area contributed by atoms with Gasteiger partial charge in [0.2, 0.25) is 5.91 Å². The average molecular weight is 325 g/mol. The molecule has 1 N–H and O–H groups in total. The Bertz CT molecular complexity index is 760. The Balaban J connectivity index is 1.49. The third kappa shape index (κ3) is 4.45. The second kappa shape index (κ2) is 7.62. The lowest BCUT2D eigenvalue weighted by Gasteiger charge is -2.04. The van der Waals surface area contributed by atoms with E-state index in [4.69, 9.17) is 4.84 Å². The van der Waals surface area contributed by atoms with Gasteiger partial charge in [0, 0.05) is 23.3 Å². The van der Waals surface area contributed by atoms with Crippen LogP contribution < -0.4 is 5.48 Å². The van der Waals surface area contributed by atoms with E-state index < -0.39 is 0 Å². The van der Waals surface area contributed by atoms with Gasteiger partial charge in [-0.05, 0) is 17.7 Å². The summed E-state index contributed by atoms with van der Waals surface area (Å²) in [7, 11) is 0. The molecule has 116 valence electrons. The topological polar surface area (TPSA) is 64.1 Å². The van der Waals surface area contributed by atoms with Crippen LogP contribution >= 0.6 is 11.3 Å². The number of aromatic nitrogens is 2. The third-order valence-electron chi connectivity index (χ3n) is 3.07. The monoisotopic (exact) mass is 325 g/mol. The first-order valence-electron chi connectivity index (χ1n) is 7.10. The van der Waals surface area contributed by atoms with E-state index in [0.717, 1.165) is 21.8 Å². The molecule has 0 spiro atoms. The number of pyridine rings is 1. The van der Waals surface area contributed by atoms with Gasteiger partial charge in [-0.1, -0.05) is 30.3 Å². The maximum atomic E-state index is 11.9. The summed E-state index contributed by atoms with van der Waals surface area (Å²) < 4.78 is 0. The molecule has 0 radical (unpaired) electrons. The highest BCUT2D eigenvalue weighted by Gasteiger charge is 2.09. The van der Waals surface area contributed by atoms with Crippen molar-refractivity contribution < 1.29 is 9.63 Å². The second-order valence-corrected chi connectivity index (χ2v) is 5.72. The van der Waals surface area contributed by atoms with Crippen LogP contribution in [-0.4, -0.2) is 15.9 Å². The van der Waals surface area contributed by atoms with Gasteiger partial charge in [0.1, 0.15) is 5.01 Å². The molecule has 1 aromatic carbocycles. The van der Waals surface area contributed by atoms with Crippen molar-refractivity contribution in [2.24, 2.45) is 0 Å². The van der Waals surface area contributed by atoms with Gasteiger partial charge in [0.15, 0.2) is 0 Å². The molecular weight excluding hydrogens is 310 g/mol. The number of hydroxylamine groups is 1. The second-order valence-electron chi connectivity index (χ2n) is 4.86. The molecule has 3 rings (SSSR count). The fourth-order valence-corrected chi connectivity index (χ4v) is 2.80. The Morgan fingerprint density at radius 1 is 1.17 bits per heavy atom. The largest absolute Gasteiger partial charge is 0.272 e. The fourth-order valence-electron chi connectivity index (χ4n) is 1.98. The standard InChI is InChI=1S/C17H15N3O2S/c21-16(20-22-11-13-5-2-1-3-6-13)9-15-12-23-17(19-15)14-7-4-8-18-10-14/h1-8,10,12H,9,11H2,(H,20,21). The Morgan fingerprint density at radius 3 is 2.83 bits per heavy atom. The number of hydrogen-bond donors (Lipinski definition) is 1. The summed E-state index contributed by atoms with van der Waals surface area (Å²) in [6, 6.07) is 13.5. The molecule has 6 heteroatoms. The van der Waals surface area contributed by atoms with Gasteiger partial charge < -0.3 is 0 Å². The number of nitrogens with one attached hydrogen (secondary N) is 1. The Labute approximate surface area is 137 Å². The Morgan fingerprint density at radius 2 is 2.04 bits per heavy atom. The minimum absolute atomic E-state index is 0.186. The van der Waals surface area contributed by atoms with Crippen molar-refractivity contribution >= 4 is 17.2 Å². The van der Waals surface area contributed by atoms with Crippen LogP contribution in [0.5, 0.6) is 0 Å². The summed E-state index contributed by atoms with van der Waals surface area (Å²) in [5.74, 6) is -0.219. The number of carbonyl (C=O) groups excluding carboxylic acids is 1. The molecule has 2 heterocycles. The van der Waals surface area contributed by atoms with E-state index in [1.165, 1.54) is 11.3 Å². The van der Waals surface area contributed by atoms with Gasteiger partial charge in [0.25, 0.3) is 0 Å². The van der Waals surface area contributed by atoms with Crippen molar-refractivity contribution in [3.05, 3.63) is 71.5 Å². The summed E-state index contributed by atoms with van der Waals surface area (Å²) in [6.07, 6.45) is 3.66. The van der Waals surface area contributed by atoms with Gasteiger partial charge in [-0.15, -0.1) is 11.3 Å². The van der Waals surface area contributed by atoms with Crippen LogP contribution in [-0.2, 0) is 22.7 Å². The summed E-state index contributed by atoms with van der Waals surface area (Å²) in [5.41, 5.74) is 5.11. The van der Waals surface area contributed by atoms with Crippen molar-refractivity contribution in [3.8, 4) is 10.6 Å². The number of carbonyl (C=O) groups is 1. The quantitative estimate of drug-likeness (QED) is 0.708. The highest BCUT2D eigenvalue weighted by molar-refractivity contribution is 7.13. The molecule has 0 fully saturated rings. The molecule has 1 amide bonds. The van der Waals surface area contributed by atoms with E-state index in [1.807, 2.05) is 47.8 Å². The van der Waals surface area contributed by atoms with Crippen LogP contribution in [0.2, 0.25) is 0 Å². The number of nitrogens with zero attached hydrogens (tertiary/aromatic N) is 2. The molecule has 0 aliphatic heterocycles. The maximum Gasteiger partial charge on any atom is 0.249 e. The van der Waals surface area contributed by atoms with Crippen LogP contribution in [0.4, 0.5) is 0 Å². The van der Waals surface area contributed by atoms with E-state index >= 15 is 0 Å². The van der Waals surface area contributed by atoms with Crippen molar-refractivity contribution in [1.29, 1.82) is 0 Å². The first-order valence-corrected chi connectivity index (χ1v) is 7.98. The number of benzene rings is 1. The minimum Gasteiger partial charge on any atom is -0.272 e. The smallest absolute Gasteiger partial charge is 0.249 e. The fraction of sp³-hybridized carbons (Fsp3) is 0.118. The molecule has 0 saturated carbocycles. The zero-order chi connectivity index (χ0) is 15.9. The van der Waals surface area contributed by atoms with Crippen LogP contribution in [0.1, 0.15) is 11.3 Å². The first-order chi connectivity index (χ1) is 11.3. The molecule has 3 aromatic rings. The van der Waals surface area contributed by atoms with Crippen molar-refractivity contribution in [2.75, 3.05) is 0 Å². The van der Waals surface area contributed by atoms with Gasteiger partial charge in [-0.2, -0.15) is 0 Å². The zero-order valence-electron chi connectivity index (χ0n) is 12.3. The van der Waals surface area contributed by atoms with E-state index in [0.29, 0.717) is 6.61 Å². The Hall–Kier alpha value is -2.57. The molecule has 2 aromatic heterocycles. The zero-order valence-corrected chi connectivity index (χ0v) is 13.1. The predicted molar refractivity (Wildman–Crippen MR) is 88.4 cm³/mol. The molecule has 5 nitrogen and oxygen atoms in total. The average Bonchev–Trinajstić information content (AvgIpc) is 3.05. The first kappa shape index (κ1) is 15.3. The lowest BCUT2D eigenvalue weighted by Crippen LogP contribution is -2.25. The number of amides is 1. The maximum absolute atomic E-state index is 11.9. The van der Waals surface area contributed by atoms with Crippen LogP contribution in [0.25, 0.3) is 10.6 Å². The van der Waals surface area contributed by atoms with Crippen LogP contribution in [0.3, 0.4) is 0 Å². The minimum atomic E-state index is -0.219. The summed E-state index contributed by atoms with van der Waals surface area (Å²) in [6.45, 7) is 0.338. The van der Waals surface area contributed by atoms with Gasteiger partial charge >= 0.3 is 0 Å². The molecule has 0 saturated heterocycles.